The highest BCUT2D eigenvalue weighted by Gasteiger charge is 2.62. The first-order valence-corrected chi connectivity index (χ1v) is 11.0. The summed E-state index contributed by atoms with van der Waals surface area (Å²) in [6.07, 6.45) is 8.17. The van der Waals surface area contributed by atoms with Gasteiger partial charge in [-0.15, -0.1) is 12.4 Å². The molecule has 0 amide bonds. The molecule has 3 N–H and O–H groups in total. The topological polar surface area (TPSA) is 84.9 Å². The van der Waals surface area contributed by atoms with Crippen LogP contribution in [0.1, 0.15) is 65.2 Å². The van der Waals surface area contributed by atoms with E-state index in [0.717, 1.165) is 57.1 Å². The third-order valence-corrected chi connectivity index (χ3v) is 9.02. The zero-order chi connectivity index (χ0) is 19.2. The Kier molecular flexibility index (Phi) is 6.48. The van der Waals surface area contributed by atoms with Crippen molar-refractivity contribution >= 4 is 23.9 Å². The number of rotatable bonds is 4. The maximum Gasteiger partial charge on any atom is 0.139 e. The number of aliphatic hydroxyl groups excluding tert-OH is 1. The summed E-state index contributed by atoms with van der Waals surface area (Å²) in [5.41, 5.74) is 6.83. The molecule has 0 aliphatic heterocycles. The minimum absolute atomic E-state index is 0. The van der Waals surface area contributed by atoms with E-state index in [9.17, 15) is 9.90 Å². The molecule has 4 saturated carbocycles. The summed E-state index contributed by atoms with van der Waals surface area (Å²) in [4.78, 5) is 18.0. The van der Waals surface area contributed by atoms with Crippen LogP contribution in [0.5, 0.6) is 0 Å². The van der Waals surface area contributed by atoms with E-state index in [0.29, 0.717) is 53.9 Å². The minimum atomic E-state index is -0.130. The Morgan fingerprint density at radius 1 is 1.21 bits per heavy atom. The molecule has 0 heterocycles. The van der Waals surface area contributed by atoms with E-state index in [4.69, 9.17) is 10.6 Å². The van der Waals surface area contributed by atoms with Gasteiger partial charge in [0.2, 0.25) is 0 Å². The lowest BCUT2D eigenvalue weighted by Gasteiger charge is -2.61. The van der Waals surface area contributed by atoms with Crippen LogP contribution in [0, 0.1) is 40.4 Å². The highest BCUT2D eigenvalue weighted by atomic mass is 35.5. The van der Waals surface area contributed by atoms with Gasteiger partial charge >= 0.3 is 0 Å². The van der Waals surface area contributed by atoms with Crippen LogP contribution < -0.4 is 5.73 Å². The molecule has 0 aromatic carbocycles. The number of hydrogen-bond acceptors (Lipinski definition) is 5. The number of hydrogen-bond donors (Lipinski definition) is 2. The summed E-state index contributed by atoms with van der Waals surface area (Å²) in [5.74, 6) is 2.98. The monoisotopic (exact) mass is 412 g/mol. The Morgan fingerprint density at radius 2 is 2.00 bits per heavy atom. The standard InChI is InChI=1S/C22H36N2O3.ClH/c1-21-7-5-16(24-27-10-9-23)12-15(21)11-14(13-25)20-17-3-4-19(26)22(17,2)8-6-18(20)21;/h14-15,17-18,20,25H,3-13,23H2,1-2H3;1H/b24-16-;/t14-,15?,17-,18-,20-,21-,22-;/m0./s1. The molecule has 4 rings (SSSR count). The van der Waals surface area contributed by atoms with Crippen molar-refractivity contribution < 1.29 is 14.7 Å². The van der Waals surface area contributed by atoms with Gasteiger partial charge in [0.1, 0.15) is 12.4 Å². The lowest BCUT2D eigenvalue weighted by molar-refractivity contribution is -0.148. The molecule has 4 aliphatic rings. The Labute approximate surface area is 175 Å². The Hall–Kier alpha value is -0.650. The highest BCUT2D eigenvalue weighted by Crippen LogP contribution is 2.66. The van der Waals surface area contributed by atoms with Crippen molar-refractivity contribution in [1.82, 2.24) is 0 Å². The first kappa shape index (κ1) is 22.0. The number of carbonyl (C=O) groups excluding carboxylic acids is 1. The Morgan fingerprint density at radius 3 is 2.71 bits per heavy atom. The van der Waals surface area contributed by atoms with Gasteiger partial charge in [0.25, 0.3) is 0 Å². The largest absolute Gasteiger partial charge is 0.396 e. The van der Waals surface area contributed by atoms with Gasteiger partial charge < -0.3 is 15.7 Å². The summed E-state index contributed by atoms with van der Waals surface area (Å²) in [6.45, 7) is 5.92. The van der Waals surface area contributed by atoms with E-state index in [-0.39, 0.29) is 24.4 Å². The van der Waals surface area contributed by atoms with Gasteiger partial charge in [0, 0.05) is 25.0 Å². The van der Waals surface area contributed by atoms with Gasteiger partial charge in [-0.2, -0.15) is 0 Å². The molecule has 0 radical (unpaired) electrons. The normalized spacial score (nSPS) is 46.4. The fourth-order valence-corrected chi connectivity index (χ4v) is 7.46. The number of Topliss-reactive ketones (excluding diaryl/α,β-unsaturated/α-hetero) is 1. The van der Waals surface area contributed by atoms with Crippen molar-refractivity contribution in [3.05, 3.63) is 0 Å². The van der Waals surface area contributed by atoms with Crippen molar-refractivity contribution in [1.29, 1.82) is 0 Å². The zero-order valence-electron chi connectivity index (χ0n) is 17.4. The van der Waals surface area contributed by atoms with Gasteiger partial charge in [0.15, 0.2) is 0 Å². The van der Waals surface area contributed by atoms with E-state index in [1.165, 1.54) is 0 Å². The third-order valence-electron chi connectivity index (χ3n) is 9.02. The van der Waals surface area contributed by atoms with Crippen molar-refractivity contribution in [3.63, 3.8) is 0 Å². The van der Waals surface area contributed by atoms with Gasteiger partial charge in [0.05, 0.1) is 5.71 Å². The minimum Gasteiger partial charge on any atom is -0.396 e. The van der Waals surface area contributed by atoms with Gasteiger partial charge in [-0.25, -0.2) is 0 Å². The lowest BCUT2D eigenvalue weighted by Crippen LogP contribution is -2.57. The quantitative estimate of drug-likeness (QED) is 0.546. The Bertz CT molecular complexity index is 627. The Balaban J connectivity index is 0.00000225. The lowest BCUT2D eigenvalue weighted by atomic mass is 9.43. The summed E-state index contributed by atoms with van der Waals surface area (Å²) in [6, 6.07) is 0. The van der Waals surface area contributed by atoms with Crippen LogP contribution in [-0.2, 0) is 9.63 Å². The number of nitrogens with two attached hydrogens (primary N) is 1. The smallest absolute Gasteiger partial charge is 0.139 e. The molecule has 7 atom stereocenters. The number of oxime groups is 1. The van der Waals surface area contributed by atoms with Crippen molar-refractivity contribution in [2.24, 2.45) is 51.3 Å². The van der Waals surface area contributed by atoms with E-state index < -0.39 is 0 Å². The second-order valence-corrected chi connectivity index (χ2v) is 10.1. The average molecular weight is 413 g/mol. The molecule has 0 aromatic rings. The molecule has 6 heteroatoms. The second kappa shape index (κ2) is 8.23. The predicted molar refractivity (Wildman–Crippen MR) is 112 cm³/mol. The third kappa shape index (κ3) is 3.31. The number of nitrogens with zero attached hydrogens (tertiary/aromatic N) is 1. The van der Waals surface area contributed by atoms with Crippen LogP contribution in [0.4, 0.5) is 0 Å². The number of carbonyl (C=O) groups is 1. The van der Waals surface area contributed by atoms with Gasteiger partial charge in [-0.05, 0) is 80.0 Å². The fourth-order valence-electron chi connectivity index (χ4n) is 7.46. The van der Waals surface area contributed by atoms with E-state index in [1.54, 1.807) is 0 Å². The molecule has 0 saturated heterocycles. The van der Waals surface area contributed by atoms with Crippen LogP contribution in [0.3, 0.4) is 0 Å². The summed E-state index contributed by atoms with van der Waals surface area (Å²) in [7, 11) is 0. The first-order chi connectivity index (χ1) is 12.9. The summed E-state index contributed by atoms with van der Waals surface area (Å²) < 4.78 is 0. The van der Waals surface area contributed by atoms with Gasteiger partial charge in [-0.1, -0.05) is 19.0 Å². The number of aliphatic hydroxyl groups is 1. The summed E-state index contributed by atoms with van der Waals surface area (Å²) >= 11 is 0. The molecule has 0 bridgehead atoms. The van der Waals surface area contributed by atoms with Crippen molar-refractivity contribution in [3.8, 4) is 0 Å². The van der Waals surface area contributed by atoms with E-state index >= 15 is 0 Å². The van der Waals surface area contributed by atoms with Crippen molar-refractivity contribution in [2.45, 2.75) is 65.2 Å². The fraction of sp³-hybridized carbons (Fsp3) is 0.909. The molecule has 5 nitrogen and oxygen atoms in total. The molecule has 0 aromatic heterocycles. The molecule has 0 spiro atoms. The molecular formula is C22H37ClN2O3. The highest BCUT2D eigenvalue weighted by molar-refractivity contribution is 5.87. The second-order valence-electron chi connectivity index (χ2n) is 10.1. The first-order valence-electron chi connectivity index (χ1n) is 11.0. The van der Waals surface area contributed by atoms with Crippen molar-refractivity contribution in [2.75, 3.05) is 19.8 Å². The van der Waals surface area contributed by atoms with Crippen LogP contribution in [0.15, 0.2) is 5.16 Å². The van der Waals surface area contributed by atoms with Gasteiger partial charge in [-0.3, -0.25) is 4.79 Å². The molecule has 4 fully saturated rings. The van der Waals surface area contributed by atoms with Crippen LogP contribution in [0.2, 0.25) is 0 Å². The molecule has 160 valence electrons. The van der Waals surface area contributed by atoms with Crippen LogP contribution in [-0.4, -0.2) is 36.4 Å². The molecule has 1 unspecified atom stereocenters. The maximum atomic E-state index is 12.6. The SMILES string of the molecule is C[C@]12CC/C(=N/OCCN)CC1C[C@@H](CO)[C@@H]1[C@@H]2CC[C@]2(C)C(=O)CC[C@@H]12.Cl. The molecular weight excluding hydrogens is 376 g/mol. The number of ketones is 1. The zero-order valence-corrected chi connectivity index (χ0v) is 18.2. The van der Waals surface area contributed by atoms with E-state index in [2.05, 4.69) is 19.0 Å². The maximum absolute atomic E-state index is 12.6. The number of fused-ring (bicyclic) bond motifs is 5. The molecule has 4 aliphatic carbocycles. The number of halogens is 1. The molecule has 28 heavy (non-hydrogen) atoms. The average Bonchev–Trinajstić information content (AvgIpc) is 2.96. The van der Waals surface area contributed by atoms with Crippen LogP contribution in [0.25, 0.3) is 0 Å². The summed E-state index contributed by atoms with van der Waals surface area (Å²) in [5, 5.41) is 14.6. The van der Waals surface area contributed by atoms with Crippen LogP contribution >= 0.6 is 12.4 Å². The predicted octanol–water partition coefficient (Wildman–Crippen LogP) is 3.57. The van der Waals surface area contributed by atoms with E-state index in [1.807, 2.05) is 0 Å².